The van der Waals surface area contributed by atoms with E-state index in [1.165, 1.54) is 0 Å². The molecule has 0 aromatic rings. The number of aldehydes is 1. The second kappa shape index (κ2) is 1.52. The van der Waals surface area contributed by atoms with Crippen molar-refractivity contribution in [3.63, 3.8) is 0 Å². The Labute approximate surface area is 52.1 Å². The molecule has 1 saturated carbocycles. The Hall–Kier alpha value is -0.470. The molecule has 9 heavy (non-hydrogen) atoms. The van der Waals surface area contributed by atoms with Gasteiger partial charge in [0.05, 0.1) is 5.41 Å². The van der Waals surface area contributed by atoms with Gasteiger partial charge >= 0.3 is 0 Å². The molecule has 0 bridgehead atoms. The summed E-state index contributed by atoms with van der Waals surface area (Å²) in [4.78, 5) is 10.1. The van der Waals surface area contributed by atoms with Crippen molar-refractivity contribution in [2.45, 2.75) is 25.7 Å². The van der Waals surface area contributed by atoms with Gasteiger partial charge in [0.15, 0.2) is 0 Å². The van der Waals surface area contributed by atoms with E-state index in [4.69, 9.17) is 0 Å². The minimum atomic E-state index is -2.81. The molecule has 0 atom stereocenters. The summed E-state index contributed by atoms with van der Waals surface area (Å²) in [6.45, 7) is 0.800. The Bertz CT molecular complexity index is 132. The lowest BCUT2D eigenvalue weighted by molar-refractivity contribution is -0.126. The minimum absolute atomic E-state index is 0.347. The van der Waals surface area contributed by atoms with Gasteiger partial charge in [-0.2, -0.15) is 0 Å². The lowest BCUT2D eigenvalue weighted by atomic mass is 10.0. The molecule has 0 amide bonds. The van der Waals surface area contributed by atoms with E-state index in [1.807, 2.05) is 0 Å². The fraction of sp³-hybridized carbons (Fsp3) is 0.833. The first-order valence-corrected chi connectivity index (χ1v) is 2.86. The van der Waals surface area contributed by atoms with E-state index in [1.54, 1.807) is 0 Å². The molecule has 0 saturated heterocycles. The average Bonchev–Trinajstić information content (AvgIpc) is 2.40. The van der Waals surface area contributed by atoms with Gasteiger partial charge in [-0.1, -0.05) is 0 Å². The number of rotatable bonds is 2. The Morgan fingerprint density at radius 2 is 2.00 bits per heavy atom. The molecule has 0 aromatic heterocycles. The van der Waals surface area contributed by atoms with Crippen molar-refractivity contribution in [1.29, 1.82) is 0 Å². The minimum Gasteiger partial charge on any atom is -0.303 e. The third-order valence-corrected chi connectivity index (χ3v) is 1.89. The Morgan fingerprint density at radius 1 is 1.56 bits per heavy atom. The summed E-state index contributed by atoms with van der Waals surface area (Å²) < 4.78 is 24.7. The van der Waals surface area contributed by atoms with Crippen molar-refractivity contribution in [3.8, 4) is 0 Å². The SMILES string of the molecule is CC(F)(F)C1(C=O)CC1. The highest BCUT2D eigenvalue weighted by Crippen LogP contribution is 2.54. The molecular weight excluding hydrogens is 126 g/mol. The molecule has 0 spiro atoms. The predicted octanol–water partition coefficient (Wildman–Crippen LogP) is 1.62. The molecule has 1 nitrogen and oxygen atoms in total. The number of halogens is 2. The molecule has 1 aliphatic rings. The summed E-state index contributed by atoms with van der Waals surface area (Å²) in [6.07, 6.45) is 1.08. The van der Waals surface area contributed by atoms with E-state index < -0.39 is 11.3 Å². The molecule has 52 valence electrons. The van der Waals surface area contributed by atoms with Crippen molar-refractivity contribution in [3.05, 3.63) is 0 Å². The van der Waals surface area contributed by atoms with E-state index in [2.05, 4.69) is 0 Å². The van der Waals surface area contributed by atoms with Gasteiger partial charge in [0.1, 0.15) is 6.29 Å². The smallest absolute Gasteiger partial charge is 0.257 e. The summed E-state index contributed by atoms with van der Waals surface area (Å²) in [6, 6.07) is 0. The largest absolute Gasteiger partial charge is 0.303 e. The highest BCUT2D eigenvalue weighted by molar-refractivity contribution is 5.65. The van der Waals surface area contributed by atoms with Crippen LogP contribution in [0.5, 0.6) is 0 Å². The van der Waals surface area contributed by atoms with Gasteiger partial charge in [0, 0.05) is 6.92 Å². The maximum atomic E-state index is 12.3. The summed E-state index contributed by atoms with van der Waals surface area (Å²) >= 11 is 0. The van der Waals surface area contributed by atoms with Crippen molar-refractivity contribution < 1.29 is 13.6 Å². The fourth-order valence-electron chi connectivity index (χ4n) is 0.795. The number of carbonyl (C=O) groups excluding carboxylic acids is 1. The second-order valence-corrected chi connectivity index (χ2v) is 2.66. The number of alkyl halides is 2. The van der Waals surface area contributed by atoms with E-state index in [0.29, 0.717) is 19.1 Å². The Morgan fingerprint density at radius 3 is 2.00 bits per heavy atom. The summed E-state index contributed by atoms with van der Waals surface area (Å²) in [7, 11) is 0. The van der Waals surface area contributed by atoms with Crippen LogP contribution in [0, 0.1) is 5.41 Å². The molecule has 1 aliphatic carbocycles. The van der Waals surface area contributed by atoms with Crippen LogP contribution in [0.25, 0.3) is 0 Å². The monoisotopic (exact) mass is 134 g/mol. The molecule has 0 heterocycles. The van der Waals surface area contributed by atoms with Crippen molar-refractivity contribution >= 4 is 6.29 Å². The summed E-state index contributed by atoms with van der Waals surface area (Å²) in [5, 5.41) is 0. The standard InChI is InChI=1S/C6H8F2O/c1-5(7,8)6(4-9)2-3-6/h4H,2-3H2,1H3. The lowest BCUT2D eigenvalue weighted by Crippen LogP contribution is -2.27. The topological polar surface area (TPSA) is 17.1 Å². The Kier molecular flexibility index (Phi) is 1.12. The van der Waals surface area contributed by atoms with Crippen LogP contribution in [0.15, 0.2) is 0 Å². The summed E-state index contributed by atoms with van der Waals surface area (Å²) in [5.74, 6) is -2.81. The number of hydrogen-bond acceptors (Lipinski definition) is 1. The highest BCUT2D eigenvalue weighted by atomic mass is 19.3. The van der Waals surface area contributed by atoms with E-state index in [9.17, 15) is 13.6 Å². The molecular formula is C6H8F2O. The molecule has 3 heteroatoms. The second-order valence-electron chi connectivity index (χ2n) is 2.66. The van der Waals surface area contributed by atoms with Gasteiger partial charge in [-0.05, 0) is 12.8 Å². The molecule has 1 rings (SSSR count). The summed E-state index contributed by atoms with van der Waals surface area (Å²) in [5.41, 5.74) is -1.28. The van der Waals surface area contributed by atoms with Crippen molar-refractivity contribution in [2.24, 2.45) is 5.41 Å². The lowest BCUT2D eigenvalue weighted by Gasteiger charge is -2.15. The first-order chi connectivity index (χ1) is 4.02. The van der Waals surface area contributed by atoms with Crippen molar-refractivity contribution in [1.82, 2.24) is 0 Å². The van der Waals surface area contributed by atoms with Crippen LogP contribution in [0.1, 0.15) is 19.8 Å². The zero-order valence-electron chi connectivity index (χ0n) is 5.16. The van der Waals surface area contributed by atoms with E-state index >= 15 is 0 Å². The van der Waals surface area contributed by atoms with Gasteiger partial charge in [-0.25, -0.2) is 8.78 Å². The van der Waals surface area contributed by atoms with Crippen LogP contribution in [-0.4, -0.2) is 12.2 Å². The van der Waals surface area contributed by atoms with Crippen LogP contribution in [-0.2, 0) is 4.79 Å². The third-order valence-electron chi connectivity index (χ3n) is 1.89. The maximum Gasteiger partial charge on any atom is 0.257 e. The highest BCUT2D eigenvalue weighted by Gasteiger charge is 2.59. The Balaban J connectivity index is 2.71. The quantitative estimate of drug-likeness (QED) is 0.524. The normalized spacial score (nSPS) is 23.4. The molecule has 0 unspecified atom stereocenters. The van der Waals surface area contributed by atoms with Gasteiger partial charge in [-0.3, -0.25) is 0 Å². The van der Waals surface area contributed by atoms with Crippen LogP contribution in [0.2, 0.25) is 0 Å². The fourth-order valence-corrected chi connectivity index (χ4v) is 0.795. The molecule has 0 N–H and O–H groups in total. The van der Waals surface area contributed by atoms with Crippen LogP contribution < -0.4 is 0 Å². The van der Waals surface area contributed by atoms with Gasteiger partial charge in [0.25, 0.3) is 5.92 Å². The van der Waals surface area contributed by atoms with Crippen LogP contribution in [0.3, 0.4) is 0 Å². The molecule has 0 radical (unpaired) electrons. The zero-order chi connectivity index (χ0) is 7.12. The van der Waals surface area contributed by atoms with Crippen molar-refractivity contribution in [2.75, 3.05) is 0 Å². The predicted molar refractivity (Wildman–Crippen MR) is 28.4 cm³/mol. The third kappa shape index (κ3) is 0.843. The van der Waals surface area contributed by atoms with Crippen LogP contribution >= 0.6 is 0 Å². The number of hydrogen-bond donors (Lipinski definition) is 0. The molecule has 0 aromatic carbocycles. The first kappa shape index (κ1) is 6.65. The van der Waals surface area contributed by atoms with Gasteiger partial charge in [-0.15, -0.1) is 0 Å². The van der Waals surface area contributed by atoms with Gasteiger partial charge in [0.2, 0.25) is 0 Å². The first-order valence-electron chi connectivity index (χ1n) is 2.86. The van der Waals surface area contributed by atoms with E-state index in [0.717, 1.165) is 6.92 Å². The zero-order valence-corrected chi connectivity index (χ0v) is 5.16. The van der Waals surface area contributed by atoms with E-state index in [-0.39, 0.29) is 0 Å². The van der Waals surface area contributed by atoms with Gasteiger partial charge < -0.3 is 4.79 Å². The molecule has 1 fully saturated rings. The number of carbonyl (C=O) groups is 1. The molecule has 0 aliphatic heterocycles. The van der Waals surface area contributed by atoms with Crippen LogP contribution in [0.4, 0.5) is 8.78 Å². The average molecular weight is 134 g/mol. The maximum absolute atomic E-state index is 12.3.